The molecule has 0 radical (unpaired) electrons. The van der Waals surface area contributed by atoms with Crippen LogP contribution < -0.4 is 15.1 Å². The van der Waals surface area contributed by atoms with Crippen molar-refractivity contribution >= 4 is 47.1 Å². The molecule has 2 aliphatic rings. The van der Waals surface area contributed by atoms with Crippen LogP contribution in [0.3, 0.4) is 0 Å². The van der Waals surface area contributed by atoms with Gasteiger partial charge in [-0.3, -0.25) is 9.89 Å². The number of carbonyl (C=O) groups excluding carboxylic acids is 1. The van der Waals surface area contributed by atoms with Crippen molar-refractivity contribution in [3.8, 4) is 11.3 Å². The first-order valence-electron chi connectivity index (χ1n) is 12.3. The van der Waals surface area contributed by atoms with Gasteiger partial charge in [-0.2, -0.15) is 10.1 Å². The molecule has 0 bridgehead atoms. The fraction of sp³-hybridized carbons (Fsp3) is 0.400. The molecule has 10 nitrogen and oxygen atoms in total. The number of pyridine rings is 2. The Morgan fingerprint density at radius 1 is 0.944 bits per heavy atom. The Morgan fingerprint density at radius 3 is 2.42 bits per heavy atom. The maximum Gasteiger partial charge on any atom is 0.299 e. The van der Waals surface area contributed by atoms with E-state index in [1.807, 2.05) is 18.2 Å². The van der Waals surface area contributed by atoms with Crippen molar-refractivity contribution in [3.05, 3.63) is 42.4 Å². The van der Waals surface area contributed by atoms with Crippen LogP contribution in [0.4, 0.5) is 17.5 Å². The number of aromatic nitrogens is 5. The van der Waals surface area contributed by atoms with Gasteiger partial charge in [0.05, 0.1) is 17.6 Å². The molecule has 1 amide bonds. The van der Waals surface area contributed by atoms with E-state index in [1.54, 1.807) is 18.5 Å². The Morgan fingerprint density at radius 2 is 1.69 bits per heavy atom. The Labute approximate surface area is 214 Å². The van der Waals surface area contributed by atoms with E-state index in [0.717, 1.165) is 63.2 Å². The van der Waals surface area contributed by atoms with E-state index in [4.69, 9.17) is 14.4 Å². The quantitative estimate of drug-likeness (QED) is 0.399. The molecule has 6 rings (SSSR count). The summed E-state index contributed by atoms with van der Waals surface area (Å²) < 4.78 is 6.10. The van der Waals surface area contributed by atoms with Crippen molar-refractivity contribution in [1.29, 1.82) is 0 Å². The van der Waals surface area contributed by atoms with Crippen LogP contribution in [0.5, 0.6) is 0 Å². The molecule has 0 aromatic carbocycles. The second-order valence-corrected chi connectivity index (χ2v) is 9.12. The third-order valence-corrected chi connectivity index (χ3v) is 6.66. The van der Waals surface area contributed by atoms with Gasteiger partial charge in [-0.05, 0) is 50.7 Å². The van der Waals surface area contributed by atoms with E-state index in [2.05, 4.69) is 30.3 Å². The van der Waals surface area contributed by atoms with Crippen LogP contribution >= 0.6 is 12.4 Å². The van der Waals surface area contributed by atoms with Gasteiger partial charge in [-0.25, -0.2) is 9.97 Å². The molecule has 2 N–H and O–H groups in total. The molecular weight excluding hydrogens is 480 g/mol. The summed E-state index contributed by atoms with van der Waals surface area (Å²) in [6.45, 7) is 3.67. The summed E-state index contributed by atoms with van der Waals surface area (Å²) >= 11 is 0. The van der Waals surface area contributed by atoms with E-state index in [0.29, 0.717) is 34.3 Å². The van der Waals surface area contributed by atoms with Crippen LogP contribution in [0.1, 0.15) is 49.0 Å². The SMILES string of the molecule is Cl.O=C(Nc1cc2oc(N3CCCCC3)nc2nc1N1CCCCC1)c1cccc(-c2cn[nH]c2)n1. The lowest BCUT2D eigenvalue weighted by Crippen LogP contribution is -2.31. The normalized spacial score (nSPS) is 16.1. The Balaban J connectivity index is 0.00000267. The molecule has 11 heteroatoms. The highest BCUT2D eigenvalue weighted by molar-refractivity contribution is 6.05. The van der Waals surface area contributed by atoms with E-state index in [9.17, 15) is 4.79 Å². The predicted molar refractivity (Wildman–Crippen MR) is 141 cm³/mol. The fourth-order valence-corrected chi connectivity index (χ4v) is 4.80. The number of nitrogens with zero attached hydrogens (tertiary/aromatic N) is 6. The number of H-pyrrole nitrogens is 1. The Kier molecular flexibility index (Phi) is 7.04. The summed E-state index contributed by atoms with van der Waals surface area (Å²) in [5.41, 5.74) is 3.58. The number of rotatable bonds is 5. The number of amides is 1. The molecule has 0 atom stereocenters. The van der Waals surface area contributed by atoms with Crippen LogP contribution in [0.2, 0.25) is 0 Å². The number of nitrogens with one attached hydrogen (secondary N) is 2. The average molecular weight is 509 g/mol. The van der Waals surface area contributed by atoms with Gasteiger partial charge in [0.25, 0.3) is 11.9 Å². The molecule has 4 aromatic heterocycles. The number of anilines is 3. The van der Waals surface area contributed by atoms with Gasteiger partial charge in [0.15, 0.2) is 11.4 Å². The van der Waals surface area contributed by atoms with E-state index in [-0.39, 0.29) is 18.3 Å². The Hall–Kier alpha value is -3.66. The van der Waals surface area contributed by atoms with Crippen molar-refractivity contribution < 1.29 is 9.21 Å². The molecule has 0 saturated carbocycles. The molecule has 6 heterocycles. The smallest absolute Gasteiger partial charge is 0.299 e. The third kappa shape index (κ3) is 4.86. The van der Waals surface area contributed by atoms with Gasteiger partial charge >= 0.3 is 0 Å². The maximum atomic E-state index is 13.3. The second-order valence-electron chi connectivity index (χ2n) is 9.12. The van der Waals surface area contributed by atoms with Crippen molar-refractivity contribution in [2.45, 2.75) is 38.5 Å². The van der Waals surface area contributed by atoms with E-state index < -0.39 is 0 Å². The zero-order chi connectivity index (χ0) is 23.6. The first kappa shape index (κ1) is 24.1. The van der Waals surface area contributed by atoms with Gasteiger partial charge in [0.1, 0.15) is 5.69 Å². The van der Waals surface area contributed by atoms with Crippen molar-refractivity contribution in [2.75, 3.05) is 41.3 Å². The lowest BCUT2D eigenvalue weighted by molar-refractivity contribution is 0.102. The number of piperidine rings is 2. The zero-order valence-electron chi connectivity index (χ0n) is 19.9. The summed E-state index contributed by atoms with van der Waals surface area (Å²) in [4.78, 5) is 31.8. The number of hydrogen-bond donors (Lipinski definition) is 2. The number of carbonyl (C=O) groups is 1. The molecule has 0 unspecified atom stereocenters. The molecular formula is C25H29ClN8O2. The lowest BCUT2D eigenvalue weighted by atomic mass is 10.1. The van der Waals surface area contributed by atoms with Crippen molar-refractivity contribution in [2.24, 2.45) is 0 Å². The van der Waals surface area contributed by atoms with Crippen LogP contribution in [-0.2, 0) is 0 Å². The first-order valence-corrected chi connectivity index (χ1v) is 12.3. The summed E-state index contributed by atoms with van der Waals surface area (Å²) in [7, 11) is 0. The molecule has 2 fully saturated rings. The standard InChI is InChI=1S/C25H28N8O2.ClH/c34-24(19-9-7-8-18(28-19)17-15-26-27-16-17)29-20-14-21-22(30-23(20)32-10-3-1-4-11-32)31-25(35-21)33-12-5-2-6-13-33;/h7-9,14-16H,1-6,10-13H2,(H,26,27)(H,29,34);1H. The minimum absolute atomic E-state index is 0. The van der Waals surface area contributed by atoms with Gasteiger partial charge in [0.2, 0.25) is 5.65 Å². The first-order chi connectivity index (χ1) is 17.2. The maximum absolute atomic E-state index is 13.3. The molecule has 188 valence electrons. The molecule has 0 aliphatic carbocycles. The average Bonchev–Trinajstić information content (AvgIpc) is 3.60. The topological polar surface area (TPSA) is 116 Å². The number of halogens is 1. The van der Waals surface area contributed by atoms with Crippen LogP contribution in [-0.4, -0.2) is 57.2 Å². The highest BCUT2D eigenvalue weighted by atomic mass is 35.5. The molecule has 0 spiro atoms. The molecule has 4 aromatic rings. The fourth-order valence-electron chi connectivity index (χ4n) is 4.80. The predicted octanol–water partition coefficient (Wildman–Crippen LogP) is 4.66. The zero-order valence-corrected chi connectivity index (χ0v) is 20.8. The summed E-state index contributed by atoms with van der Waals surface area (Å²) in [6, 6.07) is 7.83. The minimum Gasteiger partial charge on any atom is -0.422 e. The largest absolute Gasteiger partial charge is 0.422 e. The summed E-state index contributed by atoms with van der Waals surface area (Å²) in [6.07, 6.45) is 10.3. The van der Waals surface area contributed by atoms with E-state index >= 15 is 0 Å². The second kappa shape index (κ2) is 10.5. The molecule has 2 saturated heterocycles. The molecule has 2 aliphatic heterocycles. The van der Waals surface area contributed by atoms with Crippen molar-refractivity contribution in [3.63, 3.8) is 0 Å². The number of fused-ring (bicyclic) bond motifs is 1. The summed E-state index contributed by atoms with van der Waals surface area (Å²) in [5, 5.41) is 9.80. The van der Waals surface area contributed by atoms with Crippen LogP contribution in [0.25, 0.3) is 22.5 Å². The van der Waals surface area contributed by atoms with Gasteiger partial charge in [-0.15, -0.1) is 12.4 Å². The monoisotopic (exact) mass is 508 g/mol. The Bertz CT molecular complexity index is 1330. The van der Waals surface area contributed by atoms with Crippen LogP contribution in [0.15, 0.2) is 41.1 Å². The van der Waals surface area contributed by atoms with Gasteiger partial charge in [-0.1, -0.05) is 6.07 Å². The minimum atomic E-state index is -0.300. The highest BCUT2D eigenvalue weighted by Gasteiger charge is 2.23. The van der Waals surface area contributed by atoms with Crippen molar-refractivity contribution in [1.82, 2.24) is 25.1 Å². The lowest BCUT2D eigenvalue weighted by Gasteiger charge is -2.29. The number of aromatic amines is 1. The molecule has 36 heavy (non-hydrogen) atoms. The van der Waals surface area contributed by atoms with Crippen LogP contribution in [0, 0.1) is 0 Å². The number of hydrogen-bond acceptors (Lipinski definition) is 8. The van der Waals surface area contributed by atoms with Gasteiger partial charge in [0, 0.05) is 44.0 Å². The highest BCUT2D eigenvalue weighted by Crippen LogP contribution is 2.33. The summed E-state index contributed by atoms with van der Waals surface area (Å²) in [5.74, 6) is 0.431. The third-order valence-electron chi connectivity index (χ3n) is 6.66. The van der Waals surface area contributed by atoms with E-state index in [1.165, 1.54) is 12.8 Å². The number of oxazole rings is 1. The van der Waals surface area contributed by atoms with Gasteiger partial charge < -0.3 is 19.5 Å².